The van der Waals surface area contributed by atoms with Gasteiger partial charge in [-0.15, -0.1) is 10.2 Å². The van der Waals surface area contributed by atoms with E-state index in [4.69, 9.17) is 0 Å². The predicted molar refractivity (Wildman–Crippen MR) is 118 cm³/mol. The number of carbonyl (C=O) groups excluding carboxylic acids is 1. The third-order valence-corrected chi connectivity index (χ3v) is 9.55. The van der Waals surface area contributed by atoms with E-state index in [9.17, 15) is 9.18 Å². The number of aromatic nitrogens is 2. The van der Waals surface area contributed by atoms with E-state index >= 15 is 0 Å². The molecule has 6 rings (SSSR count). The lowest BCUT2D eigenvalue weighted by atomic mass is 9.48. The molecule has 0 radical (unpaired) electrons. The van der Waals surface area contributed by atoms with Gasteiger partial charge in [0.2, 0.25) is 11.0 Å². The third kappa shape index (κ3) is 4.39. The fourth-order valence-electron chi connectivity index (χ4n) is 6.09. The van der Waals surface area contributed by atoms with Crippen LogP contribution in [0.2, 0.25) is 0 Å². The van der Waals surface area contributed by atoms with Crippen molar-refractivity contribution in [1.29, 1.82) is 0 Å². The van der Waals surface area contributed by atoms with Crippen molar-refractivity contribution in [3.05, 3.63) is 35.6 Å². The zero-order valence-electron chi connectivity index (χ0n) is 16.0. The number of thioether (sulfide) groups is 1. The van der Waals surface area contributed by atoms with Gasteiger partial charge in [0.1, 0.15) is 5.82 Å². The van der Waals surface area contributed by atoms with Crippen LogP contribution in [0.1, 0.15) is 50.5 Å². The first-order valence-electron chi connectivity index (χ1n) is 10.1. The number of rotatable bonds is 6. The maximum Gasteiger partial charge on any atom is 0.226 e. The number of amides is 1. The Morgan fingerprint density at radius 3 is 2.62 bits per heavy atom. The van der Waals surface area contributed by atoms with Gasteiger partial charge < -0.3 is 5.32 Å². The van der Waals surface area contributed by atoms with Crippen molar-refractivity contribution in [2.24, 2.45) is 17.3 Å². The molecule has 2 aromatic rings. The van der Waals surface area contributed by atoms with E-state index in [-0.39, 0.29) is 21.5 Å². The lowest BCUT2D eigenvalue weighted by Crippen LogP contribution is -2.53. The summed E-state index contributed by atoms with van der Waals surface area (Å²) < 4.78 is 14.1. The summed E-state index contributed by atoms with van der Waals surface area (Å²) in [6.07, 6.45) is 8.00. The maximum atomic E-state index is 13.0. The fourth-order valence-corrected chi connectivity index (χ4v) is 9.33. The molecule has 1 heterocycles. The molecule has 0 aliphatic heterocycles. The minimum atomic E-state index is -0.232. The van der Waals surface area contributed by atoms with Gasteiger partial charge in [0.25, 0.3) is 0 Å². The second-order valence-electron chi connectivity index (χ2n) is 9.13. The lowest BCUT2D eigenvalue weighted by molar-refractivity contribution is -0.123. The van der Waals surface area contributed by atoms with Crippen molar-refractivity contribution in [2.45, 2.75) is 59.4 Å². The molecule has 1 aromatic carbocycles. The average Bonchev–Trinajstić information content (AvgIpc) is 3.05. The first kappa shape index (κ1) is 19.9. The summed E-state index contributed by atoms with van der Waals surface area (Å²) in [5, 5.41) is 11.9. The molecule has 4 nitrogen and oxygen atoms in total. The normalized spacial score (nSPS) is 32.5. The van der Waals surface area contributed by atoms with Crippen LogP contribution in [0.15, 0.2) is 28.6 Å². The Morgan fingerprint density at radius 2 is 1.93 bits per heavy atom. The van der Waals surface area contributed by atoms with E-state index < -0.39 is 0 Å². The third-order valence-electron chi connectivity index (χ3n) is 6.57. The van der Waals surface area contributed by atoms with Crippen LogP contribution < -0.4 is 5.32 Å². The van der Waals surface area contributed by atoms with Gasteiger partial charge >= 0.3 is 0 Å². The van der Waals surface area contributed by atoms with Crippen LogP contribution in [-0.4, -0.2) is 20.4 Å². The Labute approximate surface area is 186 Å². The van der Waals surface area contributed by atoms with Gasteiger partial charge in [-0.1, -0.05) is 51.2 Å². The summed E-state index contributed by atoms with van der Waals surface area (Å²) >= 11 is 6.96. The largest absolute Gasteiger partial charge is 0.300 e. The average molecular weight is 496 g/mol. The summed E-state index contributed by atoms with van der Waals surface area (Å²) in [4.78, 5) is 12.8. The standard InChI is InChI=1S/C21H23BrFN3OS2/c22-21-8-14-5-15(9-21)7-20(6-14,12-21)10-17(27)24-18-25-26-19(29-18)28-11-13-1-3-16(23)4-2-13/h1-4,14-15H,5-12H2,(H,24,25,27)/t14-,15-,20?,21?/m1/s1. The van der Waals surface area contributed by atoms with E-state index in [0.717, 1.165) is 28.2 Å². The summed E-state index contributed by atoms with van der Waals surface area (Å²) in [6.45, 7) is 0. The number of nitrogens with one attached hydrogen (secondary N) is 1. The number of benzene rings is 1. The van der Waals surface area contributed by atoms with E-state index in [1.54, 1.807) is 23.9 Å². The van der Waals surface area contributed by atoms with Gasteiger partial charge in [-0.25, -0.2) is 4.39 Å². The highest BCUT2D eigenvalue weighted by Crippen LogP contribution is 2.65. The first-order valence-corrected chi connectivity index (χ1v) is 12.7. The Bertz CT molecular complexity index is 905. The maximum absolute atomic E-state index is 13.0. The molecule has 4 fully saturated rings. The number of anilines is 1. The Hall–Kier alpha value is -0.990. The number of alkyl halides is 1. The van der Waals surface area contributed by atoms with Crippen LogP contribution >= 0.6 is 39.0 Å². The number of nitrogens with zero attached hydrogens (tertiary/aromatic N) is 2. The Balaban J connectivity index is 1.17. The second kappa shape index (κ2) is 7.61. The van der Waals surface area contributed by atoms with Gasteiger partial charge in [-0.2, -0.15) is 0 Å². The Morgan fingerprint density at radius 1 is 1.21 bits per heavy atom. The van der Waals surface area contributed by atoms with Crippen LogP contribution in [0.5, 0.6) is 0 Å². The summed E-state index contributed by atoms with van der Waals surface area (Å²) in [7, 11) is 0. The molecule has 154 valence electrons. The van der Waals surface area contributed by atoms with Crippen LogP contribution in [0.25, 0.3) is 0 Å². The number of halogens is 2. The zero-order chi connectivity index (χ0) is 20.1. The number of carbonyl (C=O) groups is 1. The highest BCUT2D eigenvalue weighted by Gasteiger charge is 2.57. The highest BCUT2D eigenvalue weighted by molar-refractivity contribution is 9.10. The van der Waals surface area contributed by atoms with E-state index in [2.05, 4.69) is 31.4 Å². The van der Waals surface area contributed by atoms with E-state index in [0.29, 0.717) is 17.3 Å². The molecule has 8 heteroatoms. The molecular formula is C21H23BrFN3OS2. The molecule has 0 saturated heterocycles. The van der Waals surface area contributed by atoms with Crippen molar-refractivity contribution in [3.63, 3.8) is 0 Å². The smallest absolute Gasteiger partial charge is 0.226 e. The highest BCUT2D eigenvalue weighted by atomic mass is 79.9. The molecule has 1 aromatic heterocycles. The fraction of sp³-hybridized carbons (Fsp3) is 0.571. The molecule has 1 amide bonds. The van der Waals surface area contributed by atoms with Crippen LogP contribution in [-0.2, 0) is 10.5 Å². The monoisotopic (exact) mass is 495 g/mol. The van der Waals surface area contributed by atoms with Crippen molar-refractivity contribution >= 4 is 50.1 Å². The topological polar surface area (TPSA) is 54.9 Å². The number of hydrogen-bond acceptors (Lipinski definition) is 5. The predicted octanol–water partition coefficient (Wildman–Crippen LogP) is 6.03. The van der Waals surface area contributed by atoms with Crippen LogP contribution in [0, 0.1) is 23.1 Å². The summed E-state index contributed by atoms with van der Waals surface area (Å²) in [6, 6.07) is 6.47. The van der Waals surface area contributed by atoms with Crippen molar-refractivity contribution < 1.29 is 9.18 Å². The summed E-state index contributed by atoms with van der Waals surface area (Å²) in [5.41, 5.74) is 1.19. The van der Waals surface area contributed by atoms with Crippen LogP contribution in [0.3, 0.4) is 0 Å². The van der Waals surface area contributed by atoms with Gasteiger partial charge in [-0.05, 0) is 73.5 Å². The van der Waals surface area contributed by atoms with Crippen molar-refractivity contribution in [3.8, 4) is 0 Å². The molecule has 2 atom stereocenters. The minimum absolute atomic E-state index is 0.0642. The zero-order valence-corrected chi connectivity index (χ0v) is 19.2. The molecule has 4 aliphatic carbocycles. The van der Waals surface area contributed by atoms with Gasteiger partial charge in [-0.3, -0.25) is 4.79 Å². The van der Waals surface area contributed by atoms with Crippen LogP contribution in [0.4, 0.5) is 9.52 Å². The first-order chi connectivity index (χ1) is 13.9. The molecule has 0 spiro atoms. The number of hydrogen-bond donors (Lipinski definition) is 1. The van der Waals surface area contributed by atoms with Gasteiger partial charge in [0.15, 0.2) is 4.34 Å². The van der Waals surface area contributed by atoms with Gasteiger partial charge in [0, 0.05) is 16.5 Å². The SMILES string of the molecule is O=C(CC12C[C@H]3C[C@@H](CC(Br)(C3)C1)C2)Nc1nnc(SCc2ccc(F)cc2)s1. The molecule has 0 unspecified atom stereocenters. The van der Waals surface area contributed by atoms with E-state index in [1.165, 1.54) is 55.6 Å². The lowest BCUT2D eigenvalue weighted by Gasteiger charge is -2.60. The molecule has 1 N–H and O–H groups in total. The van der Waals surface area contributed by atoms with Crippen molar-refractivity contribution in [1.82, 2.24) is 10.2 Å². The summed E-state index contributed by atoms with van der Waals surface area (Å²) in [5.74, 6) is 2.08. The molecule has 4 bridgehead atoms. The minimum Gasteiger partial charge on any atom is -0.300 e. The molecule has 4 aliphatic rings. The second-order valence-corrected chi connectivity index (χ2v) is 13.0. The van der Waals surface area contributed by atoms with Gasteiger partial charge in [0.05, 0.1) is 0 Å². The van der Waals surface area contributed by atoms with E-state index in [1.807, 2.05) is 0 Å². The quantitative estimate of drug-likeness (QED) is 0.301. The molecule has 29 heavy (non-hydrogen) atoms. The Kier molecular flexibility index (Phi) is 5.23. The molecular weight excluding hydrogens is 473 g/mol. The van der Waals surface area contributed by atoms with Crippen molar-refractivity contribution in [2.75, 3.05) is 5.32 Å². The molecule has 4 saturated carbocycles.